The molecule has 1 unspecified atom stereocenters. The summed E-state index contributed by atoms with van der Waals surface area (Å²) in [7, 11) is 0. The van der Waals surface area contributed by atoms with Crippen LogP contribution in [0.15, 0.2) is 6.20 Å². The van der Waals surface area contributed by atoms with E-state index in [1.165, 1.54) is 17.7 Å². The molecule has 0 aliphatic carbocycles. The van der Waals surface area contributed by atoms with Gasteiger partial charge >= 0.3 is 0 Å². The number of nitrogens with one attached hydrogen (secondary N) is 1. The van der Waals surface area contributed by atoms with Crippen molar-refractivity contribution in [3.63, 3.8) is 0 Å². The SMILES string of the molecule is CCCN(Cc1cnc(N)s1)C1CCNC1.Cl.Cl. The summed E-state index contributed by atoms with van der Waals surface area (Å²) in [5.74, 6) is 0. The highest BCUT2D eigenvalue weighted by molar-refractivity contribution is 7.15. The van der Waals surface area contributed by atoms with Crippen LogP contribution < -0.4 is 11.1 Å². The summed E-state index contributed by atoms with van der Waals surface area (Å²) in [6.45, 7) is 6.65. The first-order chi connectivity index (χ1) is 7.79. The van der Waals surface area contributed by atoms with E-state index in [4.69, 9.17) is 5.73 Å². The van der Waals surface area contributed by atoms with Crippen LogP contribution in [0.1, 0.15) is 24.6 Å². The van der Waals surface area contributed by atoms with Gasteiger partial charge in [0.1, 0.15) is 0 Å². The highest BCUT2D eigenvalue weighted by Gasteiger charge is 2.22. The van der Waals surface area contributed by atoms with Crippen molar-refractivity contribution in [1.29, 1.82) is 0 Å². The lowest BCUT2D eigenvalue weighted by molar-refractivity contribution is 0.201. The molecule has 1 aromatic rings. The van der Waals surface area contributed by atoms with Crippen molar-refractivity contribution in [3.05, 3.63) is 11.1 Å². The van der Waals surface area contributed by atoms with Gasteiger partial charge in [-0.05, 0) is 25.9 Å². The summed E-state index contributed by atoms with van der Waals surface area (Å²) in [4.78, 5) is 7.93. The number of nitrogens with two attached hydrogens (primary N) is 1. The Labute approximate surface area is 125 Å². The van der Waals surface area contributed by atoms with Gasteiger partial charge in [0.2, 0.25) is 0 Å². The summed E-state index contributed by atoms with van der Waals surface area (Å²) in [6.07, 6.45) is 4.37. The zero-order valence-corrected chi connectivity index (χ0v) is 13.0. The molecule has 0 spiro atoms. The number of nitrogens with zero attached hydrogens (tertiary/aromatic N) is 2. The smallest absolute Gasteiger partial charge is 0.180 e. The second kappa shape index (κ2) is 8.93. The van der Waals surface area contributed by atoms with Gasteiger partial charge in [0.05, 0.1) is 0 Å². The molecule has 1 aliphatic rings. The average molecular weight is 313 g/mol. The first-order valence-corrected chi connectivity index (χ1v) is 6.76. The van der Waals surface area contributed by atoms with Crippen LogP contribution in [-0.2, 0) is 6.54 Å². The van der Waals surface area contributed by atoms with E-state index >= 15 is 0 Å². The Morgan fingerprint density at radius 1 is 1.56 bits per heavy atom. The molecule has 7 heteroatoms. The van der Waals surface area contributed by atoms with Crippen molar-refractivity contribution in [2.45, 2.75) is 32.4 Å². The van der Waals surface area contributed by atoms with Crippen molar-refractivity contribution in [3.8, 4) is 0 Å². The molecule has 0 saturated carbocycles. The Morgan fingerprint density at radius 3 is 2.83 bits per heavy atom. The third-order valence-corrected chi connectivity index (χ3v) is 3.80. The van der Waals surface area contributed by atoms with E-state index in [1.54, 1.807) is 11.3 Å². The van der Waals surface area contributed by atoms with Crippen LogP contribution in [0, 0.1) is 0 Å². The molecule has 0 radical (unpaired) electrons. The maximum Gasteiger partial charge on any atom is 0.180 e. The van der Waals surface area contributed by atoms with E-state index in [0.29, 0.717) is 11.2 Å². The summed E-state index contributed by atoms with van der Waals surface area (Å²) in [5, 5.41) is 4.10. The Hall–Kier alpha value is -0.0700. The molecule has 4 nitrogen and oxygen atoms in total. The zero-order chi connectivity index (χ0) is 11.4. The first-order valence-electron chi connectivity index (χ1n) is 5.94. The van der Waals surface area contributed by atoms with E-state index in [9.17, 15) is 0 Å². The molecule has 2 heterocycles. The van der Waals surface area contributed by atoms with E-state index in [0.717, 1.165) is 26.2 Å². The number of hydrogen-bond donors (Lipinski definition) is 2. The second-order valence-corrected chi connectivity index (χ2v) is 5.43. The number of rotatable bonds is 5. The third kappa shape index (κ3) is 4.90. The lowest BCUT2D eigenvalue weighted by Gasteiger charge is -2.27. The fourth-order valence-electron chi connectivity index (χ4n) is 2.22. The number of anilines is 1. The summed E-state index contributed by atoms with van der Waals surface area (Å²) in [5.41, 5.74) is 5.66. The fraction of sp³-hybridized carbons (Fsp3) is 0.727. The lowest BCUT2D eigenvalue weighted by atomic mass is 10.2. The van der Waals surface area contributed by atoms with Crippen LogP contribution in [0.5, 0.6) is 0 Å². The molecule has 0 aromatic carbocycles. The molecule has 1 aromatic heterocycles. The predicted molar refractivity (Wildman–Crippen MR) is 83.0 cm³/mol. The molecule has 1 aliphatic heterocycles. The van der Waals surface area contributed by atoms with Crippen LogP contribution in [-0.4, -0.2) is 35.6 Å². The van der Waals surface area contributed by atoms with Crippen LogP contribution >= 0.6 is 36.2 Å². The molecule has 3 N–H and O–H groups in total. The van der Waals surface area contributed by atoms with Crippen LogP contribution in [0.4, 0.5) is 5.13 Å². The lowest BCUT2D eigenvalue weighted by Crippen LogP contribution is -2.36. The summed E-state index contributed by atoms with van der Waals surface area (Å²) in [6, 6.07) is 0.684. The van der Waals surface area contributed by atoms with Gasteiger partial charge in [-0.15, -0.1) is 36.2 Å². The molecule has 2 rings (SSSR count). The van der Waals surface area contributed by atoms with Gasteiger partial charge in [0.15, 0.2) is 5.13 Å². The minimum atomic E-state index is 0. The Morgan fingerprint density at radius 2 is 2.33 bits per heavy atom. The number of hydrogen-bond acceptors (Lipinski definition) is 5. The normalized spacial score (nSPS) is 18.4. The van der Waals surface area contributed by atoms with Crippen molar-refractivity contribution >= 4 is 41.3 Å². The highest BCUT2D eigenvalue weighted by atomic mass is 35.5. The van der Waals surface area contributed by atoms with Crippen molar-refractivity contribution in [2.24, 2.45) is 0 Å². The van der Waals surface area contributed by atoms with Crippen LogP contribution in [0.3, 0.4) is 0 Å². The van der Waals surface area contributed by atoms with Gasteiger partial charge in [0, 0.05) is 30.2 Å². The minimum Gasteiger partial charge on any atom is -0.375 e. The summed E-state index contributed by atoms with van der Waals surface area (Å²) >= 11 is 1.61. The Bertz CT molecular complexity index is 329. The number of aromatic nitrogens is 1. The number of nitrogen functional groups attached to an aromatic ring is 1. The van der Waals surface area contributed by atoms with Gasteiger partial charge < -0.3 is 11.1 Å². The largest absolute Gasteiger partial charge is 0.375 e. The zero-order valence-electron chi connectivity index (χ0n) is 10.6. The molecular weight excluding hydrogens is 291 g/mol. The molecule has 0 bridgehead atoms. The van der Waals surface area contributed by atoms with Gasteiger partial charge in [0.25, 0.3) is 0 Å². The predicted octanol–water partition coefficient (Wildman–Crippen LogP) is 2.14. The van der Waals surface area contributed by atoms with Crippen LogP contribution in [0.25, 0.3) is 0 Å². The molecule has 1 fully saturated rings. The molecule has 18 heavy (non-hydrogen) atoms. The molecule has 106 valence electrons. The number of halogens is 2. The first kappa shape index (κ1) is 17.9. The van der Waals surface area contributed by atoms with E-state index < -0.39 is 0 Å². The Balaban J connectivity index is 0.00000144. The van der Waals surface area contributed by atoms with E-state index in [2.05, 4.69) is 22.1 Å². The molecule has 0 amide bonds. The standard InChI is InChI=1S/C11H20N4S.2ClH/c1-2-5-15(9-3-4-13-6-9)8-10-7-14-11(12)16-10;;/h7,9,13H,2-6,8H2,1H3,(H2,12,14);2*1H. The third-order valence-electron chi connectivity index (χ3n) is 2.99. The van der Waals surface area contributed by atoms with Crippen LogP contribution in [0.2, 0.25) is 0 Å². The van der Waals surface area contributed by atoms with E-state index in [-0.39, 0.29) is 24.8 Å². The maximum absolute atomic E-state index is 5.66. The molecular formula is C11H22Cl2N4S. The van der Waals surface area contributed by atoms with E-state index in [1.807, 2.05) is 6.20 Å². The van der Waals surface area contributed by atoms with Gasteiger partial charge in [-0.1, -0.05) is 6.92 Å². The minimum absolute atomic E-state index is 0. The fourth-order valence-corrected chi connectivity index (χ4v) is 2.93. The molecule has 1 atom stereocenters. The van der Waals surface area contributed by atoms with Gasteiger partial charge in [-0.2, -0.15) is 0 Å². The Kier molecular flexibility index (Phi) is 8.90. The monoisotopic (exact) mass is 312 g/mol. The highest BCUT2D eigenvalue weighted by Crippen LogP contribution is 2.19. The van der Waals surface area contributed by atoms with Crippen molar-refractivity contribution in [1.82, 2.24) is 15.2 Å². The average Bonchev–Trinajstić information content (AvgIpc) is 2.88. The van der Waals surface area contributed by atoms with Crippen molar-refractivity contribution in [2.75, 3.05) is 25.4 Å². The second-order valence-electron chi connectivity index (χ2n) is 4.28. The van der Waals surface area contributed by atoms with Gasteiger partial charge in [-0.3, -0.25) is 4.90 Å². The quantitative estimate of drug-likeness (QED) is 0.874. The maximum atomic E-state index is 5.66. The van der Waals surface area contributed by atoms with Gasteiger partial charge in [-0.25, -0.2) is 4.98 Å². The molecule has 1 saturated heterocycles. The summed E-state index contributed by atoms with van der Waals surface area (Å²) < 4.78 is 0. The topological polar surface area (TPSA) is 54.2 Å². The number of thiazole rings is 1. The van der Waals surface area contributed by atoms with Crippen molar-refractivity contribution < 1.29 is 0 Å².